The Kier molecular flexibility index (Phi) is 8.08. The Hall–Kier alpha value is -0.310. The van der Waals surface area contributed by atoms with Crippen LogP contribution in [0.3, 0.4) is 0 Å². The Bertz CT molecular complexity index is 404. The molecule has 0 aromatic carbocycles. The third-order valence-corrected chi connectivity index (χ3v) is 3.21. The summed E-state index contributed by atoms with van der Waals surface area (Å²) in [7, 11) is -3.02. The molecule has 120 valence electrons. The maximum Gasteiger partial charge on any atom is 0.364 e. The standard InChI is InChI=1S/C7H16N2O2S.C5H10O2S/c1-6-3-7(8-4-6)5-9-12(2,10)11;1-5(2,3)7-4(6)8/h6-9H,3-5H2,1-2H3;1-3H3,(H,6,8)/t6-,7-;/m0./s1. The van der Waals surface area contributed by atoms with E-state index < -0.39 is 20.9 Å². The van der Waals surface area contributed by atoms with Crippen LogP contribution in [0.1, 0.15) is 34.1 Å². The van der Waals surface area contributed by atoms with Crippen molar-refractivity contribution in [3.05, 3.63) is 0 Å². The zero-order chi connectivity index (χ0) is 16.0. The second-order valence-corrected chi connectivity index (χ2v) is 8.25. The lowest BCUT2D eigenvalue weighted by molar-refractivity contribution is 0.0742. The highest BCUT2D eigenvalue weighted by molar-refractivity contribution is 7.96. The summed E-state index contributed by atoms with van der Waals surface area (Å²) in [6.45, 7) is 9.05. The van der Waals surface area contributed by atoms with Crippen LogP contribution in [0.2, 0.25) is 0 Å². The zero-order valence-electron chi connectivity index (χ0n) is 12.8. The van der Waals surface area contributed by atoms with Gasteiger partial charge in [-0.25, -0.2) is 17.9 Å². The first-order valence-corrected chi connectivity index (χ1v) is 8.83. The van der Waals surface area contributed by atoms with Gasteiger partial charge in [-0.1, -0.05) is 19.6 Å². The Morgan fingerprint density at radius 3 is 2.25 bits per heavy atom. The molecule has 1 aliphatic rings. The molecule has 1 fully saturated rings. The number of thiol groups is 1. The summed E-state index contributed by atoms with van der Waals surface area (Å²) in [5.41, 5.74) is -0.404. The third kappa shape index (κ3) is 12.7. The van der Waals surface area contributed by atoms with Gasteiger partial charge in [-0.15, -0.1) is 0 Å². The zero-order valence-corrected chi connectivity index (χ0v) is 14.5. The van der Waals surface area contributed by atoms with E-state index in [0.29, 0.717) is 18.5 Å². The van der Waals surface area contributed by atoms with Crippen LogP contribution < -0.4 is 10.0 Å². The molecule has 0 aliphatic carbocycles. The number of nitrogens with one attached hydrogen (secondary N) is 2. The van der Waals surface area contributed by atoms with Crippen LogP contribution in [0, 0.1) is 5.92 Å². The largest absolute Gasteiger partial charge is 0.452 e. The minimum absolute atomic E-state index is 0.315. The maximum absolute atomic E-state index is 10.7. The molecule has 1 heterocycles. The van der Waals surface area contributed by atoms with Crippen LogP contribution in [0.4, 0.5) is 4.79 Å². The fraction of sp³-hybridized carbons (Fsp3) is 0.917. The van der Waals surface area contributed by atoms with Gasteiger partial charge in [-0.05, 0) is 39.7 Å². The van der Waals surface area contributed by atoms with E-state index >= 15 is 0 Å². The van der Waals surface area contributed by atoms with Crippen molar-refractivity contribution >= 4 is 28.0 Å². The minimum Gasteiger partial charge on any atom is -0.452 e. The van der Waals surface area contributed by atoms with Crippen LogP contribution in [-0.4, -0.2) is 44.7 Å². The van der Waals surface area contributed by atoms with Gasteiger partial charge in [-0.2, -0.15) is 0 Å². The van der Waals surface area contributed by atoms with E-state index in [1.807, 2.05) is 0 Å². The van der Waals surface area contributed by atoms with E-state index in [4.69, 9.17) is 0 Å². The van der Waals surface area contributed by atoms with E-state index in [9.17, 15) is 13.2 Å². The Morgan fingerprint density at radius 2 is 2.00 bits per heavy atom. The van der Waals surface area contributed by atoms with Crippen LogP contribution in [0.15, 0.2) is 0 Å². The first-order valence-electron chi connectivity index (χ1n) is 6.49. The van der Waals surface area contributed by atoms with Gasteiger partial charge in [0.2, 0.25) is 10.0 Å². The lowest BCUT2D eigenvalue weighted by Crippen LogP contribution is -2.36. The van der Waals surface area contributed by atoms with E-state index in [1.54, 1.807) is 20.8 Å². The van der Waals surface area contributed by atoms with Gasteiger partial charge in [0, 0.05) is 12.6 Å². The first kappa shape index (κ1) is 19.7. The summed E-state index contributed by atoms with van der Waals surface area (Å²) in [5.74, 6) is 0.663. The highest BCUT2D eigenvalue weighted by Gasteiger charge is 2.20. The molecule has 20 heavy (non-hydrogen) atoms. The minimum atomic E-state index is -3.02. The van der Waals surface area contributed by atoms with Gasteiger partial charge in [-0.3, -0.25) is 0 Å². The number of ether oxygens (including phenoxy) is 1. The second-order valence-electron chi connectivity index (χ2n) is 6.05. The lowest BCUT2D eigenvalue weighted by Gasteiger charge is -2.16. The van der Waals surface area contributed by atoms with Gasteiger partial charge in [0.25, 0.3) is 0 Å². The highest BCUT2D eigenvalue weighted by atomic mass is 32.2. The molecule has 1 aliphatic heterocycles. The lowest BCUT2D eigenvalue weighted by atomic mass is 10.1. The second kappa shape index (κ2) is 8.21. The number of carbonyl (C=O) groups excluding carboxylic acids is 1. The van der Waals surface area contributed by atoms with Gasteiger partial charge < -0.3 is 10.1 Å². The molecule has 1 rings (SSSR count). The molecule has 0 radical (unpaired) electrons. The Labute approximate surface area is 127 Å². The predicted molar refractivity (Wildman–Crippen MR) is 83.6 cm³/mol. The molecule has 0 saturated carbocycles. The molecule has 0 bridgehead atoms. The molecule has 0 amide bonds. The van der Waals surface area contributed by atoms with Crippen molar-refractivity contribution in [3.8, 4) is 0 Å². The van der Waals surface area contributed by atoms with Crippen LogP contribution in [0.5, 0.6) is 0 Å². The molecule has 8 heteroatoms. The van der Waals surface area contributed by atoms with Gasteiger partial charge >= 0.3 is 5.30 Å². The van der Waals surface area contributed by atoms with Gasteiger partial charge in [0.15, 0.2) is 0 Å². The monoisotopic (exact) mass is 326 g/mol. The average molecular weight is 326 g/mol. The van der Waals surface area contributed by atoms with Crippen molar-refractivity contribution in [1.82, 2.24) is 10.0 Å². The third-order valence-electron chi connectivity index (χ3n) is 2.43. The molecule has 0 spiro atoms. The smallest absolute Gasteiger partial charge is 0.364 e. The SMILES string of the molecule is CC(C)(C)OC(=O)S.C[C@@H]1CN[C@H](CNS(C)(=O)=O)C1. The predicted octanol–water partition coefficient (Wildman–Crippen LogP) is 1.38. The molecule has 2 atom stereocenters. The summed E-state index contributed by atoms with van der Waals surface area (Å²) in [6.07, 6.45) is 2.24. The first-order chi connectivity index (χ1) is 8.89. The fourth-order valence-electron chi connectivity index (χ4n) is 1.69. The maximum atomic E-state index is 10.7. The van der Waals surface area contributed by atoms with E-state index in [-0.39, 0.29) is 0 Å². The van der Waals surface area contributed by atoms with Crippen molar-refractivity contribution in [2.75, 3.05) is 19.3 Å². The molecule has 6 nitrogen and oxygen atoms in total. The van der Waals surface area contributed by atoms with Gasteiger partial charge in [0.1, 0.15) is 5.60 Å². The molecule has 1 saturated heterocycles. The number of rotatable bonds is 3. The fourth-order valence-corrected chi connectivity index (χ4v) is 2.47. The van der Waals surface area contributed by atoms with Crippen molar-refractivity contribution in [2.24, 2.45) is 5.92 Å². The highest BCUT2D eigenvalue weighted by Crippen LogP contribution is 2.11. The normalized spacial score (nSPS) is 22.9. The topological polar surface area (TPSA) is 84.5 Å². The number of sulfonamides is 1. The van der Waals surface area contributed by atoms with Gasteiger partial charge in [0.05, 0.1) is 6.26 Å². The van der Waals surface area contributed by atoms with Crippen molar-refractivity contribution in [1.29, 1.82) is 0 Å². The van der Waals surface area contributed by atoms with Crippen LogP contribution in [0.25, 0.3) is 0 Å². The van der Waals surface area contributed by atoms with Crippen LogP contribution >= 0.6 is 12.6 Å². The van der Waals surface area contributed by atoms with E-state index in [0.717, 1.165) is 13.0 Å². The van der Waals surface area contributed by atoms with Crippen molar-refractivity contribution in [2.45, 2.75) is 45.8 Å². The number of hydrogen-bond acceptors (Lipinski definition) is 5. The molecule has 0 aromatic rings. The Morgan fingerprint density at radius 1 is 1.45 bits per heavy atom. The average Bonchev–Trinajstić information content (AvgIpc) is 2.57. The summed E-state index contributed by atoms with van der Waals surface area (Å²) in [5, 5.41) is 2.72. The molecular weight excluding hydrogens is 300 g/mol. The summed E-state index contributed by atoms with van der Waals surface area (Å²) < 4.78 is 28.6. The summed E-state index contributed by atoms with van der Waals surface area (Å²) in [4.78, 5) is 10.1. The molecular formula is C12H26N2O4S2. The molecule has 2 N–H and O–H groups in total. The summed E-state index contributed by atoms with van der Waals surface area (Å²) in [6, 6.07) is 0.315. The van der Waals surface area contributed by atoms with E-state index in [1.165, 1.54) is 6.26 Å². The van der Waals surface area contributed by atoms with E-state index in [2.05, 4.69) is 34.3 Å². The molecule has 0 aromatic heterocycles. The van der Waals surface area contributed by atoms with Crippen molar-refractivity contribution < 1.29 is 17.9 Å². The Balaban J connectivity index is 0.000000396. The van der Waals surface area contributed by atoms with Crippen LogP contribution in [-0.2, 0) is 14.8 Å². The molecule has 0 unspecified atom stereocenters. The van der Waals surface area contributed by atoms with Crippen molar-refractivity contribution in [3.63, 3.8) is 0 Å². The number of carbonyl (C=O) groups is 1. The summed E-state index contributed by atoms with van der Waals surface area (Å²) >= 11 is 3.43. The quantitative estimate of drug-likeness (QED) is 0.539. The number of hydrogen-bond donors (Lipinski definition) is 3.